The average molecular weight is 298 g/mol. The van der Waals surface area contributed by atoms with Crippen LogP contribution in [-0.4, -0.2) is 40.3 Å². The minimum atomic E-state index is -3.75. The van der Waals surface area contributed by atoms with Crippen LogP contribution in [0.2, 0.25) is 0 Å². The van der Waals surface area contributed by atoms with Gasteiger partial charge in [-0.2, -0.15) is 0 Å². The van der Waals surface area contributed by atoms with Gasteiger partial charge in [-0.25, -0.2) is 18.0 Å². The molecule has 7 heteroatoms. The van der Waals surface area contributed by atoms with Crippen molar-refractivity contribution in [1.29, 1.82) is 0 Å². The van der Waals surface area contributed by atoms with Crippen LogP contribution in [0.4, 0.5) is 0 Å². The number of ether oxygens (including phenoxy) is 2. The Balaban J connectivity index is 3.10. The molecule has 0 radical (unpaired) electrons. The first-order valence-electron chi connectivity index (χ1n) is 5.55. The van der Waals surface area contributed by atoms with Crippen molar-refractivity contribution in [3.05, 3.63) is 42.0 Å². The van der Waals surface area contributed by atoms with Crippen LogP contribution < -0.4 is 0 Å². The summed E-state index contributed by atoms with van der Waals surface area (Å²) in [4.78, 5) is 22.7. The molecule has 1 aromatic rings. The summed E-state index contributed by atoms with van der Waals surface area (Å²) in [5, 5.41) is 0. The molecule has 0 spiro atoms. The smallest absolute Gasteiger partial charge is 0.335 e. The van der Waals surface area contributed by atoms with Crippen molar-refractivity contribution in [2.45, 2.75) is 4.90 Å². The number of carbonyl (C=O) groups excluding carboxylic acids is 2. The lowest BCUT2D eigenvalue weighted by molar-refractivity contribution is -0.138. The van der Waals surface area contributed by atoms with Gasteiger partial charge in [-0.1, -0.05) is 18.2 Å². The Morgan fingerprint density at radius 3 is 2.20 bits per heavy atom. The summed E-state index contributed by atoms with van der Waals surface area (Å²) in [6, 6.07) is 7.61. The summed E-state index contributed by atoms with van der Waals surface area (Å²) < 4.78 is 33.1. The van der Waals surface area contributed by atoms with E-state index in [-0.39, 0.29) is 10.5 Å². The quantitative estimate of drug-likeness (QED) is 0.588. The SMILES string of the molecule is COC(=O)/C=C(\CS(=O)(=O)c1ccccc1)C(=O)OC. The summed E-state index contributed by atoms with van der Waals surface area (Å²) in [6.07, 6.45) is 0.812. The summed E-state index contributed by atoms with van der Waals surface area (Å²) in [7, 11) is -1.52. The molecule has 0 bridgehead atoms. The van der Waals surface area contributed by atoms with Gasteiger partial charge < -0.3 is 9.47 Å². The van der Waals surface area contributed by atoms with Gasteiger partial charge in [0.15, 0.2) is 9.84 Å². The molecule has 0 fully saturated rings. The fourth-order valence-corrected chi connectivity index (χ4v) is 2.76. The first kappa shape index (κ1) is 15.9. The maximum absolute atomic E-state index is 12.1. The van der Waals surface area contributed by atoms with E-state index in [1.54, 1.807) is 18.2 Å². The molecule has 0 atom stereocenters. The second-order valence-corrected chi connectivity index (χ2v) is 5.75. The van der Waals surface area contributed by atoms with E-state index < -0.39 is 27.5 Å². The van der Waals surface area contributed by atoms with Gasteiger partial charge in [0.1, 0.15) is 0 Å². The van der Waals surface area contributed by atoms with E-state index in [1.165, 1.54) is 12.1 Å². The number of rotatable bonds is 5. The lowest BCUT2D eigenvalue weighted by atomic mass is 10.3. The Kier molecular flexibility index (Phi) is 5.45. The van der Waals surface area contributed by atoms with E-state index in [1.807, 2.05) is 0 Å². The molecule has 6 nitrogen and oxygen atoms in total. The lowest BCUT2D eigenvalue weighted by Gasteiger charge is -2.07. The standard InChI is InChI=1S/C13H14O6S/c1-18-12(14)8-10(13(15)19-2)9-20(16,17)11-6-4-3-5-7-11/h3-8H,9H2,1-2H3/b10-8+. The minimum absolute atomic E-state index is 0.0552. The fraction of sp³-hybridized carbons (Fsp3) is 0.231. The Morgan fingerprint density at radius 2 is 1.70 bits per heavy atom. The molecule has 0 unspecified atom stereocenters. The molecule has 0 aromatic heterocycles. The second kappa shape index (κ2) is 6.85. The van der Waals surface area contributed by atoms with Crippen molar-refractivity contribution >= 4 is 21.8 Å². The summed E-state index contributed by atoms with van der Waals surface area (Å²) in [5.74, 6) is -2.36. The van der Waals surface area contributed by atoms with Crippen LogP contribution in [0.5, 0.6) is 0 Å². The van der Waals surface area contributed by atoms with Crippen LogP contribution >= 0.6 is 0 Å². The van der Waals surface area contributed by atoms with Gasteiger partial charge in [-0.3, -0.25) is 0 Å². The predicted octanol–water partition coefficient (Wildman–Crippen LogP) is 0.733. The number of benzene rings is 1. The maximum atomic E-state index is 12.1. The van der Waals surface area contributed by atoms with Crippen LogP contribution in [0.1, 0.15) is 0 Å². The van der Waals surface area contributed by atoms with Crippen molar-refractivity contribution in [2.24, 2.45) is 0 Å². The molecule has 0 amide bonds. The van der Waals surface area contributed by atoms with E-state index in [9.17, 15) is 18.0 Å². The molecule has 0 N–H and O–H groups in total. The monoisotopic (exact) mass is 298 g/mol. The van der Waals surface area contributed by atoms with Crippen LogP contribution in [0.3, 0.4) is 0 Å². The number of esters is 2. The Morgan fingerprint density at radius 1 is 1.10 bits per heavy atom. The van der Waals surface area contributed by atoms with Crippen molar-refractivity contribution < 1.29 is 27.5 Å². The van der Waals surface area contributed by atoms with Gasteiger partial charge in [-0.15, -0.1) is 0 Å². The highest BCUT2D eigenvalue weighted by atomic mass is 32.2. The van der Waals surface area contributed by atoms with Crippen molar-refractivity contribution in [3.8, 4) is 0 Å². The largest absolute Gasteiger partial charge is 0.466 e. The van der Waals surface area contributed by atoms with Gasteiger partial charge in [0.2, 0.25) is 0 Å². The lowest BCUT2D eigenvalue weighted by Crippen LogP contribution is -2.18. The Bertz CT molecular complexity index is 616. The molecule has 20 heavy (non-hydrogen) atoms. The van der Waals surface area contributed by atoms with Crippen LogP contribution in [-0.2, 0) is 28.9 Å². The Hall–Kier alpha value is -2.15. The van der Waals surface area contributed by atoms with E-state index >= 15 is 0 Å². The summed E-state index contributed by atoms with van der Waals surface area (Å²) in [5.41, 5.74) is -0.289. The zero-order valence-corrected chi connectivity index (χ0v) is 11.8. The van der Waals surface area contributed by atoms with E-state index in [0.29, 0.717) is 0 Å². The third kappa shape index (κ3) is 4.20. The first-order valence-corrected chi connectivity index (χ1v) is 7.20. The van der Waals surface area contributed by atoms with Gasteiger partial charge in [0.05, 0.1) is 30.4 Å². The van der Waals surface area contributed by atoms with Crippen LogP contribution in [0, 0.1) is 0 Å². The Labute approximate surface area is 116 Å². The molecular formula is C13H14O6S. The zero-order chi connectivity index (χ0) is 15.2. The van der Waals surface area contributed by atoms with E-state index in [2.05, 4.69) is 9.47 Å². The molecule has 0 heterocycles. The van der Waals surface area contributed by atoms with Crippen molar-refractivity contribution in [3.63, 3.8) is 0 Å². The number of hydrogen-bond acceptors (Lipinski definition) is 6. The second-order valence-electron chi connectivity index (χ2n) is 3.76. The van der Waals surface area contributed by atoms with Crippen LogP contribution in [0.25, 0.3) is 0 Å². The maximum Gasteiger partial charge on any atom is 0.335 e. The van der Waals surface area contributed by atoms with Crippen LogP contribution in [0.15, 0.2) is 46.9 Å². The molecular weight excluding hydrogens is 284 g/mol. The van der Waals surface area contributed by atoms with Crippen molar-refractivity contribution in [2.75, 3.05) is 20.0 Å². The number of sulfone groups is 1. The molecule has 0 aliphatic heterocycles. The topological polar surface area (TPSA) is 86.7 Å². The van der Waals surface area contributed by atoms with Gasteiger partial charge in [0.25, 0.3) is 0 Å². The molecule has 0 aliphatic carbocycles. The highest BCUT2D eigenvalue weighted by Gasteiger charge is 2.22. The molecule has 0 saturated heterocycles. The first-order chi connectivity index (χ1) is 9.40. The highest BCUT2D eigenvalue weighted by Crippen LogP contribution is 2.14. The molecule has 108 valence electrons. The van der Waals surface area contributed by atoms with Crippen molar-refractivity contribution in [1.82, 2.24) is 0 Å². The molecule has 0 saturated carbocycles. The number of hydrogen-bond donors (Lipinski definition) is 0. The molecule has 1 aromatic carbocycles. The average Bonchev–Trinajstić information content (AvgIpc) is 2.46. The minimum Gasteiger partial charge on any atom is -0.466 e. The van der Waals surface area contributed by atoms with E-state index in [0.717, 1.165) is 20.3 Å². The predicted molar refractivity (Wildman–Crippen MR) is 70.6 cm³/mol. The fourth-order valence-electron chi connectivity index (χ4n) is 1.41. The van der Waals surface area contributed by atoms with E-state index in [4.69, 9.17) is 0 Å². The number of carbonyl (C=O) groups is 2. The third-order valence-electron chi connectivity index (χ3n) is 2.39. The third-order valence-corrected chi connectivity index (χ3v) is 4.07. The zero-order valence-electron chi connectivity index (χ0n) is 11.0. The summed E-state index contributed by atoms with van der Waals surface area (Å²) >= 11 is 0. The summed E-state index contributed by atoms with van der Waals surface area (Å²) in [6.45, 7) is 0. The van der Waals surface area contributed by atoms with Gasteiger partial charge >= 0.3 is 11.9 Å². The van der Waals surface area contributed by atoms with Gasteiger partial charge in [0, 0.05) is 6.08 Å². The molecule has 0 aliphatic rings. The number of methoxy groups -OCH3 is 2. The normalized spacial score (nSPS) is 11.8. The highest BCUT2D eigenvalue weighted by molar-refractivity contribution is 7.91. The van der Waals surface area contributed by atoms with Gasteiger partial charge in [-0.05, 0) is 12.1 Å². The molecule has 1 rings (SSSR count).